The first-order chi connectivity index (χ1) is 17.7. The lowest BCUT2D eigenvalue weighted by Crippen LogP contribution is -2.17. The average molecular weight is 483 g/mol. The van der Waals surface area contributed by atoms with Gasteiger partial charge in [0.2, 0.25) is 0 Å². The molecule has 0 aromatic heterocycles. The molecule has 2 aliphatic rings. The van der Waals surface area contributed by atoms with Crippen molar-refractivity contribution in [2.75, 3.05) is 0 Å². The van der Waals surface area contributed by atoms with Gasteiger partial charge >= 0.3 is 11.9 Å². The van der Waals surface area contributed by atoms with Crippen LogP contribution in [0.15, 0.2) is 72.8 Å². The maximum Gasteiger partial charge on any atom is 0.343 e. The van der Waals surface area contributed by atoms with Crippen LogP contribution in [-0.2, 0) is 0 Å². The van der Waals surface area contributed by atoms with E-state index in [4.69, 9.17) is 9.47 Å². The van der Waals surface area contributed by atoms with Crippen molar-refractivity contribution in [1.29, 1.82) is 0 Å². The lowest BCUT2D eigenvalue weighted by atomic mass is 9.79. The number of carbonyl (C=O) groups is 2. The van der Waals surface area contributed by atoms with Crippen LogP contribution in [0.4, 0.5) is 0 Å². The number of hydrogen-bond acceptors (Lipinski definition) is 4. The number of rotatable bonds is 6. The highest BCUT2D eigenvalue weighted by molar-refractivity contribution is 5.93. The minimum absolute atomic E-state index is 0.287. The number of carbonyl (C=O) groups excluding carboxylic acids is 2. The molecule has 2 aliphatic carbocycles. The maximum absolute atomic E-state index is 13.2. The molecule has 0 bridgehead atoms. The highest BCUT2D eigenvalue weighted by Crippen LogP contribution is 2.46. The lowest BCUT2D eigenvalue weighted by molar-refractivity contribution is 0.0679. The summed E-state index contributed by atoms with van der Waals surface area (Å²) in [6.45, 7) is 0. The van der Waals surface area contributed by atoms with Gasteiger partial charge in [-0.25, -0.2) is 9.59 Å². The van der Waals surface area contributed by atoms with E-state index in [1.165, 1.54) is 31.2 Å². The summed E-state index contributed by atoms with van der Waals surface area (Å²) >= 11 is 0. The predicted molar refractivity (Wildman–Crippen MR) is 141 cm³/mol. The Bertz CT molecular complexity index is 1170. The summed E-state index contributed by atoms with van der Waals surface area (Å²) < 4.78 is 12.1. The summed E-state index contributed by atoms with van der Waals surface area (Å²) in [6.07, 6.45) is 11.6. The van der Waals surface area contributed by atoms with Crippen LogP contribution in [-0.4, -0.2) is 11.9 Å². The average Bonchev–Trinajstić information content (AvgIpc) is 2.95. The molecule has 4 nitrogen and oxygen atoms in total. The van der Waals surface area contributed by atoms with Gasteiger partial charge in [-0.1, -0.05) is 81.0 Å². The molecule has 0 unspecified atom stereocenters. The molecule has 2 fully saturated rings. The molecule has 0 saturated heterocycles. The standard InChI is InChI=1S/C32H34O4/c33-31(25-17-9-3-10-18-25)35-29-22-27(23-13-5-1-6-14-23)21-28(24-15-7-2-8-16-24)30(29)36-32(34)26-19-11-4-12-20-26/h3-4,9-12,17-24H,1-2,5-8,13-16H2. The minimum atomic E-state index is -0.442. The van der Waals surface area contributed by atoms with Crippen LogP contribution in [0.3, 0.4) is 0 Å². The maximum atomic E-state index is 13.2. The van der Waals surface area contributed by atoms with Gasteiger partial charge in [0.05, 0.1) is 11.1 Å². The van der Waals surface area contributed by atoms with E-state index >= 15 is 0 Å². The minimum Gasteiger partial charge on any atom is -0.419 e. The largest absolute Gasteiger partial charge is 0.419 e. The summed E-state index contributed by atoms with van der Waals surface area (Å²) in [6, 6.07) is 22.2. The highest BCUT2D eigenvalue weighted by Gasteiger charge is 2.28. The zero-order valence-electron chi connectivity index (χ0n) is 20.8. The van der Waals surface area contributed by atoms with Crippen molar-refractivity contribution in [2.24, 2.45) is 0 Å². The third kappa shape index (κ3) is 5.70. The second kappa shape index (κ2) is 11.6. The third-order valence-corrected chi connectivity index (χ3v) is 7.64. The number of benzene rings is 3. The topological polar surface area (TPSA) is 52.6 Å². The first-order valence-corrected chi connectivity index (χ1v) is 13.4. The lowest BCUT2D eigenvalue weighted by Gasteiger charge is -2.28. The molecule has 3 aromatic rings. The molecule has 0 amide bonds. The van der Waals surface area contributed by atoms with E-state index in [1.54, 1.807) is 24.3 Å². The molecule has 0 atom stereocenters. The number of hydrogen-bond donors (Lipinski definition) is 0. The summed E-state index contributed by atoms with van der Waals surface area (Å²) in [4.78, 5) is 26.3. The normalized spacial score (nSPS) is 16.9. The molecular formula is C32H34O4. The van der Waals surface area contributed by atoms with Gasteiger partial charge in [-0.2, -0.15) is 0 Å². The molecule has 36 heavy (non-hydrogen) atoms. The number of ether oxygens (including phenoxy) is 2. The van der Waals surface area contributed by atoms with Gasteiger partial charge in [0.25, 0.3) is 0 Å². The van der Waals surface area contributed by atoms with Crippen molar-refractivity contribution in [1.82, 2.24) is 0 Å². The quantitative estimate of drug-likeness (QED) is 0.262. The van der Waals surface area contributed by atoms with Crippen molar-refractivity contribution in [3.05, 3.63) is 95.1 Å². The zero-order chi connectivity index (χ0) is 24.7. The van der Waals surface area contributed by atoms with Gasteiger partial charge in [-0.3, -0.25) is 0 Å². The summed E-state index contributed by atoms with van der Waals surface area (Å²) in [7, 11) is 0. The molecule has 0 N–H and O–H groups in total. The van der Waals surface area contributed by atoms with Crippen LogP contribution in [0.2, 0.25) is 0 Å². The molecule has 0 heterocycles. The summed E-state index contributed by atoms with van der Waals surface area (Å²) in [5.41, 5.74) is 3.16. The van der Waals surface area contributed by atoms with E-state index < -0.39 is 11.9 Å². The van der Waals surface area contributed by atoms with Gasteiger partial charge in [0, 0.05) is 5.56 Å². The van der Waals surface area contributed by atoms with Crippen molar-refractivity contribution in [3.63, 3.8) is 0 Å². The van der Waals surface area contributed by atoms with Gasteiger partial charge in [-0.05, 0) is 73.4 Å². The first kappa shape index (κ1) is 24.3. The van der Waals surface area contributed by atoms with E-state index in [0.717, 1.165) is 44.1 Å². The Labute approximate surface area is 213 Å². The van der Waals surface area contributed by atoms with Gasteiger partial charge in [0.1, 0.15) is 0 Å². The Balaban J connectivity index is 1.58. The molecule has 2 saturated carbocycles. The Morgan fingerprint density at radius 3 is 1.64 bits per heavy atom. The van der Waals surface area contributed by atoms with E-state index in [-0.39, 0.29) is 5.92 Å². The fourth-order valence-corrected chi connectivity index (χ4v) is 5.68. The van der Waals surface area contributed by atoms with Crippen LogP contribution in [0.25, 0.3) is 0 Å². The van der Waals surface area contributed by atoms with E-state index in [2.05, 4.69) is 6.07 Å². The molecule has 0 spiro atoms. The van der Waals surface area contributed by atoms with Crippen LogP contribution in [0.1, 0.15) is 108 Å². The van der Waals surface area contributed by atoms with Gasteiger partial charge < -0.3 is 9.47 Å². The summed E-state index contributed by atoms with van der Waals surface area (Å²) in [5, 5.41) is 0. The second-order valence-electron chi connectivity index (χ2n) is 10.1. The second-order valence-corrected chi connectivity index (χ2v) is 10.1. The Morgan fingerprint density at radius 2 is 1.08 bits per heavy atom. The third-order valence-electron chi connectivity index (χ3n) is 7.64. The van der Waals surface area contributed by atoms with Gasteiger partial charge in [-0.15, -0.1) is 0 Å². The van der Waals surface area contributed by atoms with E-state index in [0.29, 0.717) is 28.5 Å². The molecule has 0 aliphatic heterocycles. The smallest absolute Gasteiger partial charge is 0.343 e. The molecule has 5 rings (SSSR count). The molecule has 0 radical (unpaired) electrons. The fraction of sp³-hybridized carbons (Fsp3) is 0.375. The van der Waals surface area contributed by atoms with Crippen LogP contribution >= 0.6 is 0 Å². The van der Waals surface area contributed by atoms with Crippen LogP contribution in [0.5, 0.6) is 11.5 Å². The SMILES string of the molecule is O=C(Oc1cc(C2CCCCC2)cc(C2CCCCC2)c1OC(=O)c1ccccc1)c1ccccc1. The summed E-state index contributed by atoms with van der Waals surface area (Å²) in [5.74, 6) is 0.610. The van der Waals surface area contributed by atoms with Crippen LogP contribution < -0.4 is 9.47 Å². The molecule has 3 aromatic carbocycles. The molecule has 186 valence electrons. The van der Waals surface area contributed by atoms with E-state index in [9.17, 15) is 9.59 Å². The van der Waals surface area contributed by atoms with Crippen molar-refractivity contribution < 1.29 is 19.1 Å². The van der Waals surface area contributed by atoms with Crippen LogP contribution in [0, 0.1) is 0 Å². The van der Waals surface area contributed by atoms with Crippen molar-refractivity contribution in [3.8, 4) is 11.5 Å². The zero-order valence-corrected chi connectivity index (χ0v) is 20.8. The van der Waals surface area contributed by atoms with Crippen molar-refractivity contribution in [2.45, 2.75) is 76.0 Å². The van der Waals surface area contributed by atoms with E-state index in [1.807, 2.05) is 42.5 Å². The Morgan fingerprint density at radius 1 is 0.583 bits per heavy atom. The Hall–Kier alpha value is -3.40. The first-order valence-electron chi connectivity index (χ1n) is 13.4. The Kier molecular flexibility index (Phi) is 7.80. The molecular weight excluding hydrogens is 448 g/mol. The van der Waals surface area contributed by atoms with Gasteiger partial charge in [0.15, 0.2) is 11.5 Å². The van der Waals surface area contributed by atoms with Crippen molar-refractivity contribution >= 4 is 11.9 Å². The highest BCUT2D eigenvalue weighted by atomic mass is 16.6. The molecule has 4 heteroatoms. The fourth-order valence-electron chi connectivity index (χ4n) is 5.68. The predicted octanol–water partition coefficient (Wildman–Crippen LogP) is 8.22. The monoisotopic (exact) mass is 482 g/mol. The number of esters is 2.